The maximum atomic E-state index is 14.0. The Morgan fingerprint density at radius 1 is 1.24 bits per heavy atom. The van der Waals surface area contributed by atoms with E-state index in [1.165, 1.54) is 10.9 Å². The minimum Gasteiger partial charge on any atom is -0.476 e. The number of hydrogen-bond acceptors (Lipinski definition) is 14. The van der Waals surface area contributed by atoms with Gasteiger partial charge in [0.05, 0.1) is 32.3 Å². The van der Waals surface area contributed by atoms with Crippen molar-refractivity contribution in [2.24, 2.45) is 5.41 Å². The average molecular weight is 772 g/mol. The number of rotatable bonds is 18. The van der Waals surface area contributed by atoms with Gasteiger partial charge in [-0.2, -0.15) is 9.97 Å². The summed E-state index contributed by atoms with van der Waals surface area (Å²) >= 11 is 7.90. The second-order valence-corrected chi connectivity index (χ2v) is 16.6. The molecular formula is C32H47ClN7O9PS. The van der Waals surface area contributed by atoms with Gasteiger partial charge in [-0.1, -0.05) is 55.9 Å². The number of amides is 1. The molecule has 3 aromatic rings. The standard InChI is InChI=1S/C32H47ClN7O9PS/c1-7-45-26-23-25(38-29(34)39-26)40(19-36-23)27-32(6,33)24(41)22(49-27)18-47-50(44,37-17-21-11-9-8-10-12-21)46-15-16-51-28(42)31(4,5)13-14-35-30(43)48-20(2)3/h8-12,19-20,22,24,27,41H,7,13-18H2,1-6H3,(H,35,43)(H,37,44)(H2,34,38,39)/t22-,24-,27-,32-,50-/m1/s1. The Hall–Kier alpha value is -3.02. The number of imidazole rings is 1. The molecule has 19 heteroatoms. The van der Waals surface area contributed by atoms with Crippen LogP contribution in [-0.2, 0) is 34.4 Å². The summed E-state index contributed by atoms with van der Waals surface area (Å²) in [4.78, 5) is 36.1. The second kappa shape index (κ2) is 17.7. The summed E-state index contributed by atoms with van der Waals surface area (Å²) < 4.78 is 44.0. The van der Waals surface area contributed by atoms with Crippen molar-refractivity contribution < 1.29 is 42.5 Å². The van der Waals surface area contributed by atoms with Crippen LogP contribution >= 0.6 is 31.1 Å². The number of benzene rings is 1. The van der Waals surface area contributed by atoms with E-state index >= 15 is 0 Å². The van der Waals surface area contributed by atoms with Crippen molar-refractivity contribution in [3.05, 3.63) is 42.2 Å². The van der Waals surface area contributed by atoms with Gasteiger partial charge in [0.15, 0.2) is 22.5 Å². The minimum atomic E-state index is -4.03. The first-order chi connectivity index (χ1) is 24.1. The third kappa shape index (κ3) is 10.8. The van der Waals surface area contributed by atoms with E-state index in [-0.39, 0.29) is 60.8 Å². The van der Waals surface area contributed by atoms with Gasteiger partial charge in [-0.3, -0.25) is 18.4 Å². The molecule has 0 bridgehead atoms. The molecule has 51 heavy (non-hydrogen) atoms. The lowest BCUT2D eigenvalue weighted by atomic mass is 9.91. The van der Waals surface area contributed by atoms with E-state index in [9.17, 15) is 19.3 Å². The van der Waals surface area contributed by atoms with Crippen molar-refractivity contribution >= 4 is 59.4 Å². The highest BCUT2D eigenvalue weighted by atomic mass is 35.5. The zero-order valence-electron chi connectivity index (χ0n) is 29.5. The van der Waals surface area contributed by atoms with Gasteiger partial charge >= 0.3 is 13.8 Å². The molecule has 0 spiro atoms. The number of carbonyl (C=O) groups excluding carboxylic acids is 2. The summed E-state index contributed by atoms with van der Waals surface area (Å²) in [6.45, 7) is 10.7. The number of aliphatic hydroxyl groups is 1. The van der Waals surface area contributed by atoms with E-state index in [0.29, 0.717) is 18.5 Å². The quantitative estimate of drug-likeness (QED) is 0.0777. The van der Waals surface area contributed by atoms with Gasteiger partial charge in [-0.15, -0.1) is 11.6 Å². The Kier molecular flexibility index (Phi) is 14.1. The number of nitrogens with two attached hydrogens (primary N) is 1. The van der Waals surface area contributed by atoms with Crippen LogP contribution in [0.5, 0.6) is 5.88 Å². The molecule has 0 unspecified atom stereocenters. The fourth-order valence-corrected chi connectivity index (χ4v) is 7.65. The summed E-state index contributed by atoms with van der Waals surface area (Å²) in [7, 11) is -4.03. The maximum absolute atomic E-state index is 14.0. The number of alkyl halides is 1. The van der Waals surface area contributed by atoms with Crippen LogP contribution in [0.3, 0.4) is 0 Å². The van der Waals surface area contributed by atoms with E-state index in [0.717, 1.165) is 17.3 Å². The van der Waals surface area contributed by atoms with Crippen LogP contribution in [0.4, 0.5) is 10.7 Å². The Morgan fingerprint density at radius 2 is 1.96 bits per heavy atom. The molecular weight excluding hydrogens is 725 g/mol. The number of aliphatic hydroxyl groups excluding tert-OH is 1. The van der Waals surface area contributed by atoms with Crippen LogP contribution in [0.25, 0.3) is 11.2 Å². The summed E-state index contributed by atoms with van der Waals surface area (Å²) in [5.41, 5.74) is 6.61. The Bertz CT molecular complexity index is 1680. The van der Waals surface area contributed by atoms with Crippen LogP contribution < -0.4 is 20.9 Å². The van der Waals surface area contributed by atoms with Gasteiger partial charge in [-0.25, -0.2) is 19.4 Å². The highest BCUT2D eigenvalue weighted by molar-refractivity contribution is 8.13. The maximum Gasteiger partial charge on any atom is 0.407 e. The number of anilines is 1. The molecule has 2 aromatic heterocycles. The molecule has 1 aliphatic heterocycles. The second-order valence-electron chi connectivity index (χ2n) is 12.9. The fourth-order valence-electron chi connectivity index (χ4n) is 5.07. The molecule has 0 aliphatic carbocycles. The summed E-state index contributed by atoms with van der Waals surface area (Å²) in [6.07, 6.45) is -2.28. The first-order valence-corrected chi connectivity index (χ1v) is 19.4. The SMILES string of the molecule is CCOc1nc(N)nc2c1ncn2[C@@H]1O[C@H](CO[P@@](=O)(NCc2ccccc2)OCCSC(=O)C(C)(C)CCNC(=O)OC(C)C)[C@@H](O)[C@@]1(C)Cl. The monoisotopic (exact) mass is 771 g/mol. The molecule has 1 amide bonds. The molecule has 282 valence electrons. The number of nitrogen functional groups attached to an aromatic ring is 1. The number of carbonyl (C=O) groups is 2. The number of hydrogen-bond donors (Lipinski definition) is 4. The molecule has 1 fully saturated rings. The average Bonchev–Trinajstić information content (AvgIpc) is 3.58. The van der Waals surface area contributed by atoms with Crippen molar-refractivity contribution in [2.75, 3.05) is 37.9 Å². The molecule has 1 aromatic carbocycles. The van der Waals surface area contributed by atoms with E-state index in [4.69, 9.17) is 40.6 Å². The van der Waals surface area contributed by atoms with Crippen LogP contribution in [-0.4, -0.2) is 91.1 Å². The van der Waals surface area contributed by atoms with Gasteiger partial charge in [0, 0.05) is 24.3 Å². The summed E-state index contributed by atoms with van der Waals surface area (Å²) in [5, 5.41) is 16.6. The number of thioether (sulfide) groups is 1. The summed E-state index contributed by atoms with van der Waals surface area (Å²) in [6, 6.07) is 9.24. The molecule has 0 saturated carbocycles. The van der Waals surface area contributed by atoms with Crippen LogP contribution in [0.2, 0.25) is 0 Å². The highest BCUT2D eigenvalue weighted by Gasteiger charge is 2.54. The molecule has 3 heterocycles. The van der Waals surface area contributed by atoms with Crippen LogP contribution in [0.1, 0.15) is 59.8 Å². The number of alkyl carbamates (subject to hydrolysis) is 1. The van der Waals surface area contributed by atoms with Gasteiger partial charge < -0.3 is 30.4 Å². The lowest BCUT2D eigenvalue weighted by Gasteiger charge is -2.26. The van der Waals surface area contributed by atoms with Gasteiger partial charge in [0.1, 0.15) is 17.1 Å². The number of halogens is 1. The van der Waals surface area contributed by atoms with Crippen LogP contribution in [0, 0.1) is 5.41 Å². The topological polar surface area (TPSA) is 211 Å². The lowest BCUT2D eigenvalue weighted by molar-refractivity contribution is -0.118. The lowest BCUT2D eigenvalue weighted by Crippen LogP contribution is -2.40. The van der Waals surface area contributed by atoms with Crippen LogP contribution in [0.15, 0.2) is 36.7 Å². The van der Waals surface area contributed by atoms with Gasteiger partial charge in [0.25, 0.3) is 0 Å². The minimum absolute atomic E-state index is 0.0471. The first kappa shape index (κ1) is 40.7. The van der Waals surface area contributed by atoms with Crippen molar-refractivity contribution in [3.8, 4) is 5.88 Å². The molecule has 5 atom stereocenters. The van der Waals surface area contributed by atoms with Crippen molar-refractivity contribution in [1.82, 2.24) is 29.9 Å². The first-order valence-electron chi connectivity index (χ1n) is 16.5. The smallest absolute Gasteiger partial charge is 0.407 e. The predicted molar refractivity (Wildman–Crippen MR) is 193 cm³/mol. The fraction of sp³-hybridized carbons (Fsp3) is 0.594. The third-order valence-electron chi connectivity index (χ3n) is 7.88. The molecule has 16 nitrogen and oxygen atoms in total. The third-order valence-corrected chi connectivity index (χ3v) is 11.0. The largest absolute Gasteiger partial charge is 0.476 e. The normalized spacial score (nSPS) is 21.9. The van der Waals surface area contributed by atoms with E-state index in [1.807, 2.05) is 30.3 Å². The molecule has 5 N–H and O–H groups in total. The van der Waals surface area contributed by atoms with Crippen molar-refractivity contribution in [3.63, 3.8) is 0 Å². The van der Waals surface area contributed by atoms with E-state index in [2.05, 4.69) is 25.4 Å². The Balaban J connectivity index is 1.39. The number of nitrogens with one attached hydrogen (secondary N) is 2. The Labute approximate surface area is 306 Å². The highest BCUT2D eigenvalue weighted by Crippen LogP contribution is 2.48. The number of nitrogens with zero attached hydrogens (tertiary/aromatic N) is 4. The number of aromatic nitrogens is 4. The predicted octanol–water partition coefficient (Wildman–Crippen LogP) is 4.80. The van der Waals surface area contributed by atoms with Gasteiger partial charge in [-0.05, 0) is 39.7 Å². The van der Waals surface area contributed by atoms with Crippen molar-refractivity contribution in [2.45, 2.75) is 83.9 Å². The molecule has 0 radical (unpaired) electrons. The Morgan fingerprint density at radius 3 is 2.65 bits per heavy atom. The van der Waals surface area contributed by atoms with E-state index < -0.39 is 42.6 Å². The zero-order chi connectivity index (χ0) is 37.4. The molecule has 1 aliphatic rings. The molecule has 1 saturated heterocycles. The molecule has 4 rings (SSSR count). The number of fused-ring (bicyclic) bond motifs is 1. The van der Waals surface area contributed by atoms with Crippen molar-refractivity contribution in [1.29, 1.82) is 0 Å². The van der Waals surface area contributed by atoms with E-state index in [1.54, 1.807) is 41.5 Å². The van der Waals surface area contributed by atoms with Gasteiger partial charge in [0.2, 0.25) is 11.8 Å². The number of ether oxygens (including phenoxy) is 3. The summed E-state index contributed by atoms with van der Waals surface area (Å²) in [5.74, 6) is 0.326. The zero-order valence-corrected chi connectivity index (χ0v) is 32.0.